The van der Waals surface area contributed by atoms with Crippen molar-refractivity contribution in [3.8, 4) is 28.8 Å². The summed E-state index contributed by atoms with van der Waals surface area (Å²) in [6, 6.07) is 14.3. The van der Waals surface area contributed by atoms with E-state index in [9.17, 15) is 9.90 Å². The first-order valence-electron chi connectivity index (χ1n) is 10.6. The van der Waals surface area contributed by atoms with Gasteiger partial charge in [-0.3, -0.25) is 0 Å². The number of hydrogen-bond donors (Lipinski definition) is 2. The number of aromatic carboxylic acids is 1. The lowest BCUT2D eigenvalue weighted by atomic mass is 10.1. The number of imidazole rings is 1. The van der Waals surface area contributed by atoms with Crippen LogP contribution >= 0.6 is 11.6 Å². The Balaban J connectivity index is 1.43. The molecule has 2 N–H and O–H groups in total. The van der Waals surface area contributed by atoms with Gasteiger partial charge in [0.25, 0.3) is 0 Å². The molecule has 0 aliphatic carbocycles. The van der Waals surface area contributed by atoms with Crippen molar-refractivity contribution in [1.82, 2.24) is 15.0 Å². The van der Waals surface area contributed by atoms with Gasteiger partial charge in [-0.15, -0.1) is 0 Å². The quantitative estimate of drug-likeness (QED) is 0.411. The van der Waals surface area contributed by atoms with Crippen LogP contribution < -0.4 is 14.4 Å². The number of halogens is 1. The number of pyridine rings is 1. The minimum atomic E-state index is -1.07. The number of benzene rings is 2. The van der Waals surface area contributed by atoms with Gasteiger partial charge in [0.05, 0.1) is 42.1 Å². The standard InChI is InChI=1S/C24H21ClN4O5/c1-32-19-7-4-15(23(30)31)12-20(19)34-24-26-18-13-17(25)21(27-22(18)28-24)14-2-5-16(6-3-14)29-8-10-33-11-9-29/h2-7,12-13H,8-11H2,1H3,(H,30,31)(H,26,27,28). The maximum Gasteiger partial charge on any atom is 0.335 e. The highest BCUT2D eigenvalue weighted by Gasteiger charge is 2.16. The molecule has 0 unspecified atom stereocenters. The molecule has 1 saturated heterocycles. The molecule has 0 spiro atoms. The summed E-state index contributed by atoms with van der Waals surface area (Å²) in [5.74, 6) is -0.487. The van der Waals surface area contributed by atoms with Gasteiger partial charge in [0.1, 0.15) is 0 Å². The first kappa shape index (κ1) is 22.0. The second-order valence-corrected chi connectivity index (χ2v) is 8.06. The molecule has 1 aliphatic heterocycles. The number of aromatic nitrogens is 3. The number of morpholine rings is 1. The highest BCUT2D eigenvalue weighted by Crippen LogP contribution is 2.34. The summed E-state index contributed by atoms with van der Waals surface area (Å²) in [5, 5.41) is 9.73. The number of carboxylic acids is 1. The number of fused-ring (bicyclic) bond motifs is 1. The molecule has 9 nitrogen and oxygen atoms in total. The molecule has 3 heterocycles. The van der Waals surface area contributed by atoms with Crippen LogP contribution in [0.1, 0.15) is 10.4 Å². The van der Waals surface area contributed by atoms with Crippen molar-refractivity contribution in [2.45, 2.75) is 0 Å². The highest BCUT2D eigenvalue weighted by atomic mass is 35.5. The van der Waals surface area contributed by atoms with Crippen molar-refractivity contribution < 1.29 is 24.1 Å². The molecule has 34 heavy (non-hydrogen) atoms. The fourth-order valence-corrected chi connectivity index (χ4v) is 4.05. The predicted octanol–water partition coefficient (Wildman–Crippen LogP) is 4.61. The number of hydrogen-bond acceptors (Lipinski definition) is 7. The molecule has 4 aromatic rings. The van der Waals surface area contributed by atoms with E-state index in [-0.39, 0.29) is 17.3 Å². The van der Waals surface area contributed by atoms with Crippen molar-refractivity contribution in [3.63, 3.8) is 0 Å². The molecule has 1 fully saturated rings. The fourth-order valence-electron chi connectivity index (χ4n) is 3.79. The summed E-state index contributed by atoms with van der Waals surface area (Å²) in [6.07, 6.45) is 0. The van der Waals surface area contributed by atoms with Crippen LogP contribution in [0, 0.1) is 0 Å². The van der Waals surface area contributed by atoms with Crippen LogP contribution in [0.2, 0.25) is 5.02 Å². The van der Waals surface area contributed by atoms with Gasteiger partial charge < -0.3 is 29.2 Å². The van der Waals surface area contributed by atoms with Gasteiger partial charge >= 0.3 is 12.0 Å². The lowest BCUT2D eigenvalue weighted by molar-refractivity contribution is 0.0696. The van der Waals surface area contributed by atoms with E-state index in [4.69, 9.17) is 25.8 Å². The Labute approximate surface area is 199 Å². The first-order valence-corrected chi connectivity index (χ1v) is 11.0. The van der Waals surface area contributed by atoms with Gasteiger partial charge in [0.15, 0.2) is 17.1 Å². The van der Waals surface area contributed by atoms with Crippen molar-refractivity contribution in [3.05, 3.63) is 59.1 Å². The zero-order valence-corrected chi connectivity index (χ0v) is 19.0. The third-order valence-corrected chi connectivity index (χ3v) is 5.83. The third-order valence-electron chi connectivity index (χ3n) is 5.54. The number of nitrogens with one attached hydrogen (secondary N) is 1. The van der Waals surface area contributed by atoms with E-state index in [2.05, 4.69) is 19.9 Å². The molecule has 0 radical (unpaired) electrons. The van der Waals surface area contributed by atoms with Crippen LogP contribution in [0.25, 0.3) is 22.4 Å². The van der Waals surface area contributed by atoms with Crippen molar-refractivity contribution in [2.75, 3.05) is 38.3 Å². The predicted molar refractivity (Wildman–Crippen MR) is 127 cm³/mol. The number of aromatic amines is 1. The summed E-state index contributed by atoms with van der Waals surface area (Å²) in [5.41, 5.74) is 3.66. The Hall–Kier alpha value is -3.82. The smallest absolute Gasteiger partial charge is 0.335 e. The molecule has 0 saturated carbocycles. The number of anilines is 1. The highest BCUT2D eigenvalue weighted by molar-refractivity contribution is 6.33. The van der Waals surface area contributed by atoms with Crippen molar-refractivity contribution >= 4 is 34.4 Å². The van der Waals surface area contributed by atoms with Crippen LogP contribution in [0.3, 0.4) is 0 Å². The van der Waals surface area contributed by atoms with E-state index in [1.165, 1.54) is 25.3 Å². The summed E-state index contributed by atoms with van der Waals surface area (Å²) in [7, 11) is 1.47. The van der Waals surface area contributed by atoms with Gasteiger partial charge in [-0.2, -0.15) is 4.98 Å². The van der Waals surface area contributed by atoms with E-state index in [0.29, 0.717) is 27.6 Å². The second-order valence-electron chi connectivity index (χ2n) is 7.65. The average molecular weight is 481 g/mol. The summed E-state index contributed by atoms with van der Waals surface area (Å²) in [6.45, 7) is 3.17. The van der Waals surface area contributed by atoms with Crippen LogP contribution in [0.5, 0.6) is 17.5 Å². The number of nitrogens with zero attached hydrogens (tertiary/aromatic N) is 3. The van der Waals surface area contributed by atoms with E-state index in [0.717, 1.165) is 37.6 Å². The largest absolute Gasteiger partial charge is 0.493 e. The normalized spacial score (nSPS) is 13.8. The van der Waals surface area contributed by atoms with Gasteiger partial charge in [-0.05, 0) is 36.4 Å². The van der Waals surface area contributed by atoms with Gasteiger partial charge in [-0.25, -0.2) is 9.78 Å². The molecule has 0 bridgehead atoms. The van der Waals surface area contributed by atoms with Gasteiger partial charge in [0, 0.05) is 24.3 Å². The molecule has 10 heteroatoms. The lowest BCUT2D eigenvalue weighted by Crippen LogP contribution is -2.36. The lowest BCUT2D eigenvalue weighted by Gasteiger charge is -2.28. The van der Waals surface area contributed by atoms with E-state index in [1.54, 1.807) is 6.07 Å². The topological polar surface area (TPSA) is 110 Å². The Morgan fingerprint density at radius 3 is 2.56 bits per heavy atom. The maximum absolute atomic E-state index is 11.3. The molecule has 0 atom stereocenters. The number of rotatable bonds is 6. The van der Waals surface area contributed by atoms with Crippen LogP contribution in [0.15, 0.2) is 48.5 Å². The average Bonchev–Trinajstić information content (AvgIpc) is 3.25. The van der Waals surface area contributed by atoms with Gasteiger partial charge in [-0.1, -0.05) is 23.7 Å². The van der Waals surface area contributed by atoms with Crippen molar-refractivity contribution in [2.24, 2.45) is 0 Å². The maximum atomic E-state index is 11.3. The zero-order chi connectivity index (χ0) is 23.7. The molecule has 5 rings (SSSR count). The molecular weight excluding hydrogens is 460 g/mol. The first-order chi connectivity index (χ1) is 16.5. The fraction of sp³-hybridized carbons (Fsp3) is 0.208. The number of carbonyl (C=O) groups is 1. The Morgan fingerprint density at radius 1 is 1.09 bits per heavy atom. The Bertz CT molecular complexity index is 1350. The molecule has 2 aromatic heterocycles. The zero-order valence-electron chi connectivity index (χ0n) is 18.2. The Morgan fingerprint density at radius 2 is 1.85 bits per heavy atom. The van der Waals surface area contributed by atoms with Crippen LogP contribution in [-0.4, -0.2) is 59.4 Å². The second kappa shape index (κ2) is 9.20. The van der Waals surface area contributed by atoms with E-state index >= 15 is 0 Å². The van der Waals surface area contributed by atoms with E-state index in [1.807, 2.05) is 24.3 Å². The minimum Gasteiger partial charge on any atom is -0.493 e. The summed E-state index contributed by atoms with van der Waals surface area (Å²) >= 11 is 6.54. The van der Waals surface area contributed by atoms with E-state index < -0.39 is 5.97 Å². The number of H-pyrrole nitrogens is 1. The van der Waals surface area contributed by atoms with Crippen LogP contribution in [0.4, 0.5) is 5.69 Å². The third kappa shape index (κ3) is 4.35. The van der Waals surface area contributed by atoms with Gasteiger partial charge in [0.2, 0.25) is 0 Å². The Kier molecular flexibility index (Phi) is 5.95. The molecule has 174 valence electrons. The monoisotopic (exact) mass is 480 g/mol. The molecular formula is C24H21ClN4O5. The summed E-state index contributed by atoms with van der Waals surface area (Å²) < 4.78 is 16.5. The summed E-state index contributed by atoms with van der Waals surface area (Å²) in [4.78, 5) is 25.6. The van der Waals surface area contributed by atoms with Crippen molar-refractivity contribution in [1.29, 1.82) is 0 Å². The number of ether oxygens (including phenoxy) is 3. The molecule has 0 amide bonds. The number of carboxylic acid groups (broad SMARTS) is 1. The number of methoxy groups -OCH3 is 1. The molecule has 1 aliphatic rings. The van der Waals surface area contributed by atoms with Crippen LogP contribution in [-0.2, 0) is 4.74 Å². The molecule has 2 aromatic carbocycles. The minimum absolute atomic E-state index is 0.0656. The SMILES string of the molecule is COc1ccc(C(=O)O)cc1Oc1nc2nc(-c3ccc(N4CCOCC4)cc3)c(Cl)cc2[nH]1.